The maximum absolute atomic E-state index is 13.1. The van der Waals surface area contributed by atoms with Crippen molar-refractivity contribution in [2.75, 3.05) is 22.9 Å². The smallest absolute Gasteiger partial charge is 0.227 e. The number of rotatable bonds is 7. The second kappa shape index (κ2) is 8.37. The van der Waals surface area contributed by atoms with Crippen LogP contribution in [0.15, 0.2) is 42.9 Å². The molecule has 0 aliphatic heterocycles. The lowest BCUT2D eigenvalue weighted by molar-refractivity contribution is 0.626. The number of nitrogens with one attached hydrogen (secondary N) is 2. The number of nitrogen functional groups attached to an aromatic ring is 1. The molecule has 0 radical (unpaired) electrons. The molecule has 140 valence electrons. The molecule has 27 heavy (non-hydrogen) atoms. The molecule has 2 heterocycles. The SMILES string of the molecule is CC(Nc1nc(N)c(CCN)c(Nc2cnccn2)n1)c1ccc(F)cc1. The minimum absolute atomic E-state index is 0.144. The van der Waals surface area contributed by atoms with E-state index in [0.717, 1.165) is 5.56 Å². The van der Waals surface area contributed by atoms with Crippen LogP contribution in [0.25, 0.3) is 0 Å². The van der Waals surface area contributed by atoms with Gasteiger partial charge in [-0.15, -0.1) is 0 Å². The number of hydrogen-bond donors (Lipinski definition) is 4. The van der Waals surface area contributed by atoms with E-state index in [9.17, 15) is 4.39 Å². The molecule has 1 unspecified atom stereocenters. The first-order valence-corrected chi connectivity index (χ1v) is 8.48. The van der Waals surface area contributed by atoms with Crippen LogP contribution in [0.4, 0.5) is 27.8 Å². The fraction of sp³-hybridized carbons (Fsp3) is 0.222. The van der Waals surface area contributed by atoms with Crippen LogP contribution in [-0.2, 0) is 6.42 Å². The van der Waals surface area contributed by atoms with Crippen LogP contribution >= 0.6 is 0 Å². The number of anilines is 4. The summed E-state index contributed by atoms with van der Waals surface area (Å²) in [5.74, 6) is 1.44. The largest absolute Gasteiger partial charge is 0.383 e. The molecule has 0 aliphatic carbocycles. The van der Waals surface area contributed by atoms with Gasteiger partial charge in [-0.25, -0.2) is 9.37 Å². The van der Waals surface area contributed by atoms with Gasteiger partial charge in [0.2, 0.25) is 5.95 Å². The van der Waals surface area contributed by atoms with Crippen molar-refractivity contribution in [3.63, 3.8) is 0 Å². The number of aromatic nitrogens is 4. The van der Waals surface area contributed by atoms with E-state index in [2.05, 4.69) is 30.6 Å². The standard InChI is InChI=1S/C18H21FN8/c1-11(12-2-4-13(19)5-3-12)24-18-26-16(21)14(6-7-20)17(27-18)25-15-10-22-8-9-23-15/h2-5,8-11H,6-7,20H2,1H3,(H4,21,23,24,25,26,27). The highest BCUT2D eigenvalue weighted by Crippen LogP contribution is 2.25. The Morgan fingerprint density at radius 3 is 2.59 bits per heavy atom. The van der Waals surface area contributed by atoms with Gasteiger partial charge in [0.25, 0.3) is 0 Å². The first kappa shape index (κ1) is 18.5. The third-order valence-electron chi connectivity index (χ3n) is 3.96. The van der Waals surface area contributed by atoms with E-state index in [1.807, 2.05) is 6.92 Å². The molecule has 8 nitrogen and oxygen atoms in total. The number of hydrogen-bond acceptors (Lipinski definition) is 8. The molecule has 2 aromatic heterocycles. The molecule has 0 amide bonds. The van der Waals surface area contributed by atoms with Gasteiger partial charge in [-0.3, -0.25) is 4.98 Å². The molecule has 0 spiro atoms. The minimum Gasteiger partial charge on any atom is -0.383 e. The van der Waals surface area contributed by atoms with Crippen LogP contribution in [0.1, 0.15) is 24.1 Å². The lowest BCUT2D eigenvalue weighted by Gasteiger charge is -2.18. The summed E-state index contributed by atoms with van der Waals surface area (Å²) in [4.78, 5) is 17.1. The van der Waals surface area contributed by atoms with E-state index in [-0.39, 0.29) is 11.9 Å². The minimum atomic E-state index is -0.284. The quantitative estimate of drug-likeness (QED) is 0.500. The summed E-state index contributed by atoms with van der Waals surface area (Å²) < 4.78 is 13.1. The summed E-state index contributed by atoms with van der Waals surface area (Å²) in [6.45, 7) is 2.33. The van der Waals surface area contributed by atoms with Gasteiger partial charge < -0.3 is 22.1 Å². The van der Waals surface area contributed by atoms with Gasteiger partial charge in [-0.1, -0.05) is 12.1 Å². The van der Waals surface area contributed by atoms with Crippen LogP contribution < -0.4 is 22.1 Å². The monoisotopic (exact) mass is 368 g/mol. The molecular weight excluding hydrogens is 347 g/mol. The molecule has 9 heteroatoms. The normalized spacial score (nSPS) is 11.8. The lowest BCUT2D eigenvalue weighted by Crippen LogP contribution is -2.15. The van der Waals surface area contributed by atoms with E-state index in [0.29, 0.717) is 41.9 Å². The van der Waals surface area contributed by atoms with E-state index in [1.165, 1.54) is 12.1 Å². The van der Waals surface area contributed by atoms with E-state index < -0.39 is 0 Å². The van der Waals surface area contributed by atoms with Gasteiger partial charge >= 0.3 is 0 Å². The Balaban J connectivity index is 1.88. The van der Waals surface area contributed by atoms with Gasteiger partial charge in [-0.05, 0) is 37.6 Å². The van der Waals surface area contributed by atoms with Gasteiger partial charge in [-0.2, -0.15) is 9.97 Å². The van der Waals surface area contributed by atoms with Crippen molar-refractivity contribution < 1.29 is 4.39 Å². The van der Waals surface area contributed by atoms with Gasteiger partial charge in [0.05, 0.1) is 12.2 Å². The van der Waals surface area contributed by atoms with Crippen LogP contribution in [-0.4, -0.2) is 26.5 Å². The number of nitrogens with zero attached hydrogens (tertiary/aromatic N) is 4. The summed E-state index contributed by atoms with van der Waals surface area (Å²) in [5.41, 5.74) is 13.4. The Labute approximate surface area is 156 Å². The topological polar surface area (TPSA) is 128 Å². The van der Waals surface area contributed by atoms with Crippen molar-refractivity contribution in [1.82, 2.24) is 19.9 Å². The third-order valence-corrected chi connectivity index (χ3v) is 3.96. The first-order chi connectivity index (χ1) is 13.1. The number of benzene rings is 1. The summed E-state index contributed by atoms with van der Waals surface area (Å²) >= 11 is 0. The van der Waals surface area contributed by atoms with Crippen molar-refractivity contribution in [1.29, 1.82) is 0 Å². The van der Waals surface area contributed by atoms with Crippen LogP contribution in [0, 0.1) is 5.82 Å². The van der Waals surface area contributed by atoms with Crippen LogP contribution in [0.2, 0.25) is 0 Å². The Morgan fingerprint density at radius 2 is 1.93 bits per heavy atom. The molecule has 0 saturated carbocycles. The zero-order valence-corrected chi connectivity index (χ0v) is 14.9. The Hall–Kier alpha value is -3.33. The molecule has 1 atom stereocenters. The predicted octanol–water partition coefficient (Wildman–Crippen LogP) is 2.41. The van der Waals surface area contributed by atoms with E-state index in [1.54, 1.807) is 30.7 Å². The zero-order valence-electron chi connectivity index (χ0n) is 14.9. The van der Waals surface area contributed by atoms with Crippen molar-refractivity contribution >= 4 is 23.4 Å². The number of nitrogens with two attached hydrogens (primary N) is 2. The van der Waals surface area contributed by atoms with Crippen molar-refractivity contribution in [3.8, 4) is 0 Å². The average Bonchev–Trinajstić information content (AvgIpc) is 2.66. The second-order valence-corrected chi connectivity index (χ2v) is 5.93. The molecule has 0 bridgehead atoms. The second-order valence-electron chi connectivity index (χ2n) is 5.93. The van der Waals surface area contributed by atoms with Gasteiger partial charge in [0, 0.05) is 18.0 Å². The fourth-order valence-corrected chi connectivity index (χ4v) is 2.57. The molecule has 0 fully saturated rings. The molecule has 0 saturated heterocycles. The summed E-state index contributed by atoms with van der Waals surface area (Å²) in [6, 6.07) is 6.09. The fourth-order valence-electron chi connectivity index (χ4n) is 2.57. The molecule has 6 N–H and O–H groups in total. The average molecular weight is 368 g/mol. The van der Waals surface area contributed by atoms with Gasteiger partial charge in [0.15, 0.2) is 0 Å². The highest BCUT2D eigenvalue weighted by molar-refractivity contribution is 5.64. The Morgan fingerprint density at radius 1 is 1.15 bits per heavy atom. The Bertz CT molecular complexity index is 886. The predicted molar refractivity (Wildman–Crippen MR) is 103 cm³/mol. The van der Waals surface area contributed by atoms with Crippen LogP contribution in [0.5, 0.6) is 0 Å². The van der Waals surface area contributed by atoms with Gasteiger partial charge in [0.1, 0.15) is 23.3 Å². The van der Waals surface area contributed by atoms with Crippen molar-refractivity contribution in [2.24, 2.45) is 5.73 Å². The van der Waals surface area contributed by atoms with Crippen molar-refractivity contribution in [2.45, 2.75) is 19.4 Å². The first-order valence-electron chi connectivity index (χ1n) is 8.48. The highest BCUT2D eigenvalue weighted by atomic mass is 19.1. The summed E-state index contributed by atoms with van der Waals surface area (Å²) in [6.07, 6.45) is 5.25. The number of halogens is 1. The molecule has 1 aromatic carbocycles. The molecule has 3 aromatic rings. The molecular formula is C18H21FN8. The summed E-state index contributed by atoms with van der Waals surface area (Å²) in [5, 5.41) is 6.29. The Kier molecular flexibility index (Phi) is 5.72. The maximum atomic E-state index is 13.1. The third kappa shape index (κ3) is 4.64. The van der Waals surface area contributed by atoms with Crippen molar-refractivity contribution in [3.05, 3.63) is 59.8 Å². The molecule has 0 aliphatic rings. The van der Waals surface area contributed by atoms with E-state index in [4.69, 9.17) is 11.5 Å². The lowest BCUT2D eigenvalue weighted by atomic mass is 10.1. The zero-order chi connectivity index (χ0) is 19.2. The molecule has 3 rings (SSSR count). The van der Waals surface area contributed by atoms with E-state index >= 15 is 0 Å². The highest BCUT2D eigenvalue weighted by Gasteiger charge is 2.15. The summed E-state index contributed by atoms with van der Waals surface area (Å²) in [7, 11) is 0. The maximum Gasteiger partial charge on any atom is 0.227 e. The van der Waals surface area contributed by atoms with Crippen LogP contribution in [0.3, 0.4) is 0 Å².